The first-order valence-electron chi connectivity index (χ1n) is 6.29. The summed E-state index contributed by atoms with van der Waals surface area (Å²) in [5.41, 5.74) is 2.16. The highest BCUT2D eigenvalue weighted by molar-refractivity contribution is 5.83. The van der Waals surface area contributed by atoms with Gasteiger partial charge >= 0.3 is 5.97 Å². The summed E-state index contributed by atoms with van der Waals surface area (Å²) in [4.78, 5) is 22.6. The van der Waals surface area contributed by atoms with Gasteiger partial charge in [0.25, 0.3) is 0 Å². The van der Waals surface area contributed by atoms with E-state index >= 15 is 0 Å². The Kier molecular flexibility index (Phi) is 6.06. The molecular formula is C15H20O4. The molecule has 0 bridgehead atoms. The molecule has 1 aromatic carbocycles. The van der Waals surface area contributed by atoms with Crippen LogP contribution in [0.25, 0.3) is 0 Å². The largest absolute Gasteiger partial charge is 0.496 e. The van der Waals surface area contributed by atoms with Gasteiger partial charge < -0.3 is 9.47 Å². The van der Waals surface area contributed by atoms with E-state index in [1.807, 2.05) is 25.1 Å². The smallest absolute Gasteiger partial charge is 0.305 e. The van der Waals surface area contributed by atoms with Crippen molar-refractivity contribution in [3.05, 3.63) is 29.3 Å². The quantitative estimate of drug-likeness (QED) is 0.710. The second-order valence-electron chi connectivity index (χ2n) is 4.43. The van der Waals surface area contributed by atoms with E-state index in [4.69, 9.17) is 4.74 Å². The van der Waals surface area contributed by atoms with Gasteiger partial charge in [-0.2, -0.15) is 0 Å². The van der Waals surface area contributed by atoms with Crippen LogP contribution in [0.1, 0.15) is 30.4 Å². The number of carbonyl (C=O) groups excluding carboxylic acids is 2. The minimum atomic E-state index is -0.346. The molecule has 4 nitrogen and oxygen atoms in total. The van der Waals surface area contributed by atoms with E-state index in [0.29, 0.717) is 12.8 Å². The molecule has 0 spiro atoms. The summed E-state index contributed by atoms with van der Waals surface area (Å²) < 4.78 is 9.77. The lowest BCUT2D eigenvalue weighted by Gasteiger charge is -2.09. The first-order valence-corrected chi connectivity index (χ1v) is 6.29. The van der Waals surface area contributed by atoms with Crippen molar-refractivity contribution in [3.63, 3.8) is 0 Å². The van der Waals surface area contributed by atoms with Crippen LogP contribution in [-0.2, 0) is 20.7 Å². The molecule has 19 heavy (non-hydrogen) atoms. The molecule has 0 heterocycles. The Morgan fingerprint density at radius 1 is 1.11 bits per heavy atom. The highest BCUT2D eigenvalue weighted by Gasteiger charge is 2.09. The number of methoxy groups -OCH3 is 2. The normalized spacial score (nSPS) is 10.1. The standard InChI is InChI=1S/C15H20O4/c1-11-4-8-14(18-2)12(10-11)5-6-13(16)7-9-15(17)19-3/h4,8,10H,5-7,9H2,1-3H3. The monoisotopic (exact) mass is 264 g/mol. The Morgan fingerprint density at radius 2 is 1.84 bits per heavy atom. The highest BCUT2D eigenvalue weighted by Crippen LogP contribution is 2.21. The minimum absolute atomic E-state index is 0.0639. The van der Waals surface area contributed by atoms with E-state index < -0.39 is 0 Å². The summed E-state index contributed by atoms with van der Waals surface area (Å²) >= 11 is 0. The molecule has 0 aliphatic carbocycles. The predicted molar refractivity (Wildman–Crippen MR) is 72.3 cm³/mol. The maximum atomic E-state index is 11.7. The lowest BCUT2D eigenvalue weighted by Crippen LogP contribution is -2.06. The van der Waals surface area contributed by atoms with Crippen LogP contribution in [0.15, 0.2) is 18.2 Å². The second-order valence-corrected chi connectivity index (χ2v) is 4.43. The van der Waals surface area contributed by atoms with Gasteiger partial charge in [0.15, 0.2) is 0 Å². The fourth-order valence-corrected chi connectivity index (χ4v) is 1.85. The van der Waals surface area contributed by atoms with Crippen molar-refractivity contribution in [2.24, 2.45) is 0 Å². The molecule has 0 amide bonds. The average Bonchev–Trinajstić information content (AvgIpc) is 2.42. The van der Waals surface area contributed by atoms with Gasteiger partial charge in [-0.05, 0) is 25.0 Å². The third kappa shape index (κ3) is 5.12. The topological polar surface area (TPSA) is 52.6 Å². The van der Waals surface area contributed by atoms with E-state index in [1.54, 1.807) is 7.11 Å². The summed E-state index contributed by atoms with van der Waals surface area (Å²) in [6.07, 6.45) is 1.43. The van der Waals surface area contributed by atoms with Crippen molar-refractivity contribution in [1.29, 1.82) is 0 Å². The number of ether oxygens (including phenoxy) is 2. The lowest BCUT2D eigenvalue weighted by molar-refractivity contribution is -0.141. The van der Waals surface area contributed by atoms with E-state index in [0.717, 1.165) is 16.9 Å². The Bertz CT molecular complexity index is 451. The Morgan fingerprint density at radius 3 is 2.47 bits per heavy atom. The second kappa shape index (κ2) is 7.56. The third-order valence-electron chi connectivity index (χ3n) is 2.94. The number of Topliss-reactive ketones (excluding diaryl/α,β-unsaturated/α-hetero) is 1. The Labute approximate surface area is 113 Å². The zero-order chi connectivity index (χ0) is 14.3. The zero-order valence-electron chi connectivity index (χ0n) is 11.7. The molecule has 0 radical (unpaired) electrons. The average molecular weight is 264 g/mol. The number of carbonyl (C=O) groups is 2. The molecule has 1 aromatic rings. The number of aryl methyl sites for hydroxylation is 2. The molecule has 0 N–H and O–H groups in total. The maximum Gasteiger partial charge on any atom is 0.305 e. The fourth-order valence-electron chi connectivity index (χ4n) is 1.85. The predicted octanol–water partition coefficient (Wildman–Crippen LogP) is 2.46. The number of ketones is 1. The number of hydrogen-bond acceptors (Lipinski definition) is 4. The van der Waals surface area contributed by atoms with Crippen LogP contribution in [0.2, 0.25) is 0 Å². The van der Waals surface area contributed by atoms with Crippen molar-refractivity contribution >= 4 is 11.8 Å². The van der Waals surface area contributed by atoms with E-state index in [9.17, 15) is 9.59 Å². The first-order chi connectivity index (χ1) is 9.06. The summed E-state index contributed by atoms with van der Waals surface area (Å²) in [5, 5.41) is 0. The number of rotatable bonds is 7. The molecule has 0 unspecified atom stereocenters. The van der Waals surface area contributed by atoms with Gasteiger partial charge in [-0.3, -0.25) is 9.59 Å². The molecule has 0 aromatic heterocycles. The molecular weight excluding hydrogens is 244 g/mol. The van der Waals surface area contributed by atoms with Crippen LogP contribution in [0.3, 0.4) is 0 Å². The Hall–Kier alpha value is -1.84. The van der Waals surface area contributed by atoms with Gasteiger partial charge in [0.1, 0.15) is 11.5 Å². The van der Waals surface area contributed by atoms with Crippen LogP contribution >= 0.6 is 0 Å². The van der Waals surface area contributed by atoms with Crippen LogP contribution < -0.4 is 4.74 Å². The minimum Gasteiger partial charge on any atom is -0.496 e. The molecule has 0 saturated carbocycles. The summed E-state index contributed by atoms with van der Waals surface area (Å²) in [7, 11) is 2.94. The molecule has 0 aliphatic rings. The molecule has 0 aliphatic heterocycles. The van der Waals surface area contributed by atoms with Crippen molar-refractivity contribution in [3.8, 4) is 5.75 Å². The van der Waals surface area contributed by atoms with Crippen LogP contribution in [0.4, 0.5) is 0 Å². The SMILES string of the molecule is COC(=O)CCC(=O)CCc1cc(C)ccc1OC. The third-order valence-corrected chi connectivity index (χ3v) is 2.94. The van der Waals surface area contributed by atoms with Gasteiger partial charge in [-0.25, -0.2) is 0 Å². The summed E-state index contributed by atoms with van der Waals surface area (Å²) in [6.45, 7) is 2.00. The summed E-state index contributed by atoms with van der Waals surface area (Å²) in [6, 6.07) is 5.90. The Balaban J connectivity index is 2.50. The maximum absolute atomic E-state index is 11.7. The molecule has 1 rings (SSSR count). The molecule has 0 saturated heterocycles. The van der Waals surface area contributed by atoms with Gasteiger partial charge in [0, 0.05) is 12.8 Å². The number of benzene rings is 1. The summed E-state index contributed by atoms with van der Waals surface area (Å²) in [5.74, 6) is 0.516. The molecule has 0 fully saturated rings. The number of hydrogen-bond donors (Lipinski definition) is 0. The van der Waals surface area contributed by atoms with Crippen LogP contribution in [-0.4, -0.2) is 26.0 Å². The van der Waals surface area contributed by atoms with Crippen LogP contribution in [0, 0.1) is 6.92 Å². The van der Waals surface area contributed by atoms with E-state index in [-0.39, 0.29) is 24.6 Å². The fraction of sp³-hybridized carbons (Fsp3) is 0.467. The van der Waals surface area contributed by atoms with Gasteiger partial charge in [-0.15, -0.1) is 0 Å². The van der Waals surface area contributed by atoms with Gasteiger partial charge in [0.05, 0.1) is 20.6 Å². The zero-order valence-corrected chi connectivity index (χ0v) is 11.7. The molecule has 0 atom stereocenters. The lowest BCUT2D eigenvalue weighted by atomic mass is 10.0. The van der Waals surface area contributed by atoms with E-state index in [2.05, 4.69) is 4.74 Å². The van der Waals surface area contributed by atoms with Crippen molar-refractivity contribution < 1.29 is 19.1 Å². The molecule has 4 heteroatoms. The number of esters is 1. The molecule has 104 valence electrons. The van der Waals surface area contributed by atoms with E-state index in [1.165, 1.54) is 7.11 Å². The first kappa shape index (κ1) is 15.2. The van der Waals surface area contributed by atoms with Crippen molar-refractivity contribution in [2.45, 2.75) is 32.6 Å². The van der Waals surface area contributed by atoms with Gasteiger partial charge in [-0.1, -0.05) is 17.7 Å². The van der Waals surface area contributed by atoms with Crippen molar-refractivity contribution in [1.82, 2.24) is 0 Å². The van der Waals surface area contributed by atoms with Gasteiger partial charge in [0.2, 0.25) is 0 Å². The highest BCUT2D eigenvalue weighted by atomic mass is 16.5. The van der Waals surface area contributed by atoms with Crippen molar-refractivity contribution in [2.75, 3.05) is 14.2 Å². The van der Waals surface area contributed by atoms with Crippen LogP contribution in [0.5, 0.6) is 5.75 Å².